The summed E-state index contributed by atoms with van der Waals surface area (Å²) in [7, 11) is 0. The number of non-ortho nitro benzene ring substituents is 1. The number of hydrogen-bond donors (Lipinski definition) is 0. The van der Waals surface area contributed by atoms with Gasteiger partial charge in [-0.15, -0.1) is 10.2 Å². The lowest BCUT2D eigenvalue weighted by molar-refractivity contribution is -0.384. The molecular formula is C21H13N5O2. The van der Waals surface area contributed by atoms with E-state index in [2.05, 4.69) is 21.2 Å². The number of pyridine rings is 2. The molecule has 28 heavy (non-hydrogen) atoms. The number of fused-ring (bicyclic) bond motifs is 3. The zero-order valence-electron chi connectivity index (χ0n) is 14.6. The van der Waals surface area contributed by atoms with Gasteiger partial charge in [-0.1, -0.05) is 30.3 Å². The maximum absolute atomic E-state index is 10.9. The Hall–Kier alpha value is -4.13. The average Bonchev–Trinajstić information content (AvgIpc) is 3.19. The fourth-order valence-corrected chi connectivity index (χ4v) is 3.34. The van der Waals surface area contributed by atoms with E-state index in [-0.39, 0.29) is 5.69 Å². The first kappa shape index (κ1) is 16.1. The summed E-state index contributed by atoms with van der Waals surface area (Å²) in [6.45, 7) is 0. The molecule has 5 rings (SSSR count). The fraction of sp³-hybridized carbons (Fsp3) is 0. The van der Waals surface area contributed by atoms with Crippen LogP contribution in [-0.4, -0.2) is 24.5 Å². The van der Waals surface area contributed by atoms with Gasteiger partial charge in [-0.05, 0) is 35.9 Å². The van der Waals surface area contributed by atoms with Gasteiger partial charge >= 0.3 is 0 Å². The van der Waals surface area contributed by atoms with E-state index in [9.17, 15) is 10.1 Å². The van der Waals surface area contributed by atoms with Crippen LogP contribution in [0.2, 0.25) is 0 Å². The second-order valence-corrected chi connectivity index (χ2v) is 6.33. The van der Waals surface area contributed by atoms with Gasteiger partial charge < -0.3 is 0 Å². The molecule has 0 bridgehead atoms. The fourth-order valence-electron chi connectivity index (χ4n) is 3.34. The molecule has 5 aromatic rings. The first-order chi connectivity index (χ1) is 13.7. The third-order valence-electron chi connectivity index (χ3n) is 4.65. The van der Waals surface area contributed by atoms with Crippen molar-refractivity contribution in [3.63, 3.8) is 0 Å². The minimum Gasteiger partial charge on any atom is -0.258 e. The van der Waals surface area contributed by atoms with E-state index in [1.807, 2.05) is 46.9 Å². The molecule has 7 heteroatoms. The Morgan fingerprint density at radius 2 is 1.61 bits per heavy atom. The van der Waals surface area contributed by atoms with Crippen LogP contribution in [-0.2, 0) is 0 Å². The zero-order valence-corrected chi connectivity index (χ0v) is 14.6. The molecule has 0 saturated heterocycles. The highest BCUT2D eigenvalue weighted by molar-refractivity contribution is 5.91. The van der Waals surface area contributed by atoms with E-state index in [4.69, 9.17) is 0 Å². The van der Waals surface area contributed by atoms with Gasteiger partial charge in [0.2, 0.25) is 0 Å². The van der Waals surface area contributed by atoms with E-state index >= 15 is 0 Å². The van der Waals surface area contributed by atoms with Gasteiger partial charge in [0.05, 0.1) is 4.92 Å². The molecule has 2 aromatic carbocycles. The molecule has 0 aliphatic carbocycles. The molecule has 134 valence electrons. The summed E-state index contributed by atoms with van der Waals surface area (Å²) in [6, 6.07) is 22.2. The van der Waals surface area contributed by atoms with Crippen molar-refractivity contribution >= 4 is 22.4 Å². The monoisotopic (exact) mass is 367 g/mol. The van der Waals surface area contributed by atoms with Crippen LogP contribution >= 0.6 is 0 Å². The Bertz CT molecular complexity index is 1330. The summed E-state index contributed by atoms with van der Waals surface area (Å²) in [6.07, 6.45) is 1.73. The number of aromatic nitrogens is 4. The lowest BCUT2D eigenvalue weighted by Crippen LogP contribution is -1.97. The highest BCUT2D eigenvalue weighted by Crippen LogP contribution is 2.31. The van der Waals surface area contributed by atoms with Crippen molar-refractivity contribution in [1.82, 2.24) is 19.6 Å². The molecule has 3 heterocycles. The van der Waals surface area contributed by atoms with Crippen molar-refractivity contribution in [2.24, 2.45) is 0 Å². The lowest BCUT2D eigenvalue weighted by Gasteiger charge is -2.09. The van der Waals surface area contributed by atoms with Gasteiger partial charge in [-0.3, -0.25) is 14.5 Å². The van der Waals surface area contributed by atoms with Crippen LogP contribution < -0.4 is 0 Å². The third kappa shape index (κ3) is 2.49. The smallest absolute Gasteiger partial charge is 0.258 e. The first-order valence-corrected chi connectivity index (χ1v) is 8.65. The Labute approximate surface area is 159 Å². The molecule has 0 amide bonds. The SMILES string of the molecule is O=[N+]([O-])c1ccc(-c2nnc3c(-c4ccccc4)cc4cccnc4n23)cc1. The van der Waals surface area contributed by atoms with Crippen LogP contribution in [0.4, 0.5) is 5.69 Å². The first-order valence-electron chi connectivity index (χ1n) is 8.65. The van der Waals surface area contributed by atoms with E-state index in [1.54, 1.807) is 18.3 Å². The van der Waals surface area contributed by atoms with Crippen molar-refractivity contribution in [3.05, 3.63) is 89.1 Å². The van der Waals surface area contributed by atoms with Crippen LogP contribution in [0.1, 0.15) is 0 Å². The normalized spacial score (nSPS) is 11.1. The summed E-state index contributed by atoms with van der Waals surface area (Å²) < 4.78 is 1.90. The topological polar surface area (TPSA) is 86.2 Å². The Morgan fingerprint density at radius 1 is 0.821 bits per heavy atom. The summed E-state index contributed by atoms with van der Waals surface area (Å²) in [5, 5.41) is 20.7. The molecule has 0 unspecified atom stereocenters. The van der Waals surface area contributed by atoms with Gasteiger partial charge in [-0.2, -0.15) is 0 Å². The Kier molecular flexibility index (Phi) is 3.58. The van der Waals surface area contributed by atoms with Crippen LogP contribution in [0.3, 0.4) is 0 Å². The number of rotatable bonds is 3. The van der Waals surface area contributed by atoms with Crippen LogP contribution in [0, 0.1) is 10.1 Å². The average molecular weight is 367 g/mol. The minimum absolute atomic E-state index is 0.0329. The quantitative estimate of drug-likeness (QED) is 0.346. The van der Waals surface area contributed by atoms with Crippen molar-refractivity contribution in [2.75, 3.05) is 0 Å². The Morgan fingerprint density at radius 3 is 2.36 bits per heavy atom. The maximum Gasteiger partial charge on any atom is 0.269 e. The second-order valence-electron chi connectivity index (χ2n) is 6.33. The largest absolute Gasteiger partial charge is 0.269 e. The van der Waals surface area contributed by atoms with Gasteiger partial charge in [0.1, 0.15) is 5.65 Å². The standard InChI is InChI=1S/C21H13N5O2/c27-26(28)17-10-8-15(9-11-17)20-23-24-21-18(14-5-2-1-3-6-14)13-16-7-4-12-22-19(16)25(20)21/h1-13H. The molecule has 0 aliphatic rings. The minimum atomic E-state index is -0.420. The Balaban J connectivity index is 1.82. The van der Waals surface area contributed by atoms with Gasteiger partial charge in [0, 0.05) is 34.8 Å². The van der Waals surface area contributed by atoms with Gasteiger partial charge in [0.25, 0.3) is 5.69 Å². The number of nitro groups is 1. The van der Waals surface area contributed by atoms with Crippen molar-refractivity contribution < 1.29 is 4.92 Å². The van der Waals surface area contributed by atoms with Gasteiger partial charge in [0.15, 0.2) is 11.5 Å². The zero-order chi connectivity index (χ0) is 19.1. The highest BCUT2D eigenvalue weighted by atomic mass is 16.6. The highest BCUT2D eigenvalue weighted by Gasteiger charge is 2.17. The second kappa shape index (κ2) is 6.24. The number of hydrogen-bond acceptors (Lipinski definition) is 5. The molecule has 0 atom stereocenters. The van der Waals surface area contributed by atoms with E-state index in [0.717, 1.165) is 27.7 Å². The number of nitro benzene ring substituents is 1. The van der Waals surface area contributed by atoms with Gasteiger partial charge in [-0.25, -0.2) is 4.98 Å². The van der Waals surface area contributed by atoms with Crippen LogP contribution in [0.5, 0.6) is 0 Å². The lowest BCUT2D eigenvalue weighted by atomic mass is 10.1. The van der Waals surface area contributed by atoms with E-state index in [1.165, 1.54) is 12.1 Å². The summed E-state index contributed by atoms with van der Waals surface area (Å²) >= 11 is 0. The van der Waals surface area contributed by atoms with E-state index < -0.39 is 4.92 Å². The summed E-state index contributed by atoms with van der Waals surface area (Å²) in [5.74, 6) is 0.589. The summed E-state index contributed by atoms with van der Waals surface area (Å²) in [4.78, 5) is 15.1. The molecule has 0 fully saturated rings. The molecule has 3 aromatic heterocycles. The molecule has 0 spiro atoms. The molecule has 0 radical (unpaired) electrons. The molecule has 0 N–H and O–H groups in total. The van der Waals surface area contributed by atoms with E-state index in [0.29, 0.717) is 11.5 Å². The predicted octanol–water partition coefficient (Wildman–Crippen LogP) is 4.52. The number of benzene rings is 2. The predicted molar refractivity (Wildman–Crippen MR) is 106 cm³/mol. The van der Waals surface area contributed by atoms with Crippen LogP contribution in [0.25, 0.3) is 39.2 Å². The van der Waals surface area contributed by atoms with Crippen LogP contribution in [0.15, 0.2) is 79.0 Å². The number of nitrogens with zero attached hydrogens (tertiary/aromatic N) is 5. The molecular weight excluding hydrogens is 354 g/mol. The van der Waals surface area contributed by atoms with Crippen molar-refractivity contribution in [3.8, 4) is 22.5 Å². The molecule has 0 saturated carbocycles. The summed E-state index contributed by atoms with van der Waals surface area (Å²) in [5.41, 5.74) is 4.16. The van der Waals surface area contributed by atoms with Crippen molar-refractivity contribution in [1.29, 1.82) is 0 Å². The van der Waals surface area contributed by atoms with Crippen molar-refractivity contribution in [2.45, 2.75) is 0 Å². The third-order valence-corrected chi connectivity index (χ3v) is 4.65. The molecule has 0 aliphatic heterocycles. The molecule has 7 nitrogen and oxygen atoms in total. The maximum atomic E-state index is 10.9.